The molecule has 0 spiro atoms. The van der Waals surface area contributed by atoms with Gasteiger partial charge in [0.25, 0.3) is 10.0 Å². The quantitative estimate of drug-likeness (QED) is 0.780. The van der Waals surface area contributed by atoms with Crippen molar-refractivity contribution in [3.8, 4) is 0 Å². The van der Waals surface area contributed by atoms with Crippen molar-refractivity contribution in [1.29, 1.82) is 0 Å². The molecule has 0 aliphatic carbocycles. The molecule has 0 fully saturated rings. The first-order valence-corrected chi connectivity index (χ1v) is 8.08. The van der Waals surface area contributed by atoms with Crippen LogP contribution in [-0.2, 0) is 16.6 Å². The zero-order valence-corrected chi connectivity index (χ0v) is 12.7. The van der Waals surface area contributed by atoms with Crippen molar-refractivity contribution >= 4 is 21.4 Å². The summed E-state index contributed by atoms with van der Waals surface area (Å²) in [5.74, 6) is 0. The first-order valence-electron chi connectivity index (χ1n) is 5.82. The predicted octanol–water partition coefficient (Wildman–Crippen LogP) is 1.97. The predicted molar refractivity (Wildman–Crippen MR) is 76.4 cm³/mol. The third-order valence-corrected chi connectivity index (χ3v) is 6.24. The molecule has 0 bridgehead atoms. The molecule has 0 saturated carbocycles. The molecule has 0 unspecified atom stereocenters. The Labute approximate surface area is 113 Å². The van der Waals surface area contributed by atoms with Crippen LogP contribution in [0.3, 0.4) is 0 Å². The van der Waals surface area contributed by atoms with Gasteiger partial charge in [0.1, 0.15) is 4.21 Å². The highest BCUT2D eigenvalue weighted by molar-refractivity contribution is 7.91. The number of thiophene rings is 1. The number of sulfonamides is 1. The largest absolute Gasteiger partial charge is 0.315 e. The third-order valence-electron chi connectivity index (χ3n) is 2.61. The Hall–Kier alpha value is -0.690. The minimum absolute atomic E-state index is 0.344. The summed E-state index contributed by atoms with van der Waals surface area (Å²) < 4.78 is 26.6. The summed E-state index contributed by atoms with van der Waals surface area (Å²) in [5.41, 5.74) is 1.02. The average Bonchev–Trinajstić information content (AvgIpc) is 2.69. The van der Waals surface area contributed by atoms with Crippen molar-refractivity contribution in [2.24, 2.45) is 0 Å². The second-order valence-corrected chi connectivity index (χ2v) is 7.25. The van der Waals surface area contributed by atoms with Crippen molar-refractivity contribution in [1.82, 2.24) is 9.62 Å². The normalized spacial score (nSPS) is 12.0. The van der Waals surface area contributed by atoms with Crippen LogP contribution < -0.4 is 5.32 Å². The van der Waals surface area contributed by atoms with E-state index in [4.69, 9.17) is 0 Å². The molecule has 0 aromatic carbocycles. The number of hydrogen-bond donors (Lipinski definition) is 1. The molecule has 0 radical (unpaired) electrons. The van der Waals surface area contributed by atoms with Crippen molar-refractivity contribution in [2.75, 3.05) is 20.1 Å². The van der Waals surface area contributed by atoms with Crippen LogP contribution in [-0.4, -0.2) is 32.9 Å². The van der Waals surface area contributed by atoms with E-state index in [1.807, 2.05) is 20.9 Å². The summed E-state index contributed by atoms with van der Waals surface area (Å²) in [6.45, 7) is 8.85. The number of rotatable bonds is 7. The van der Waals surface area contributed by atoms with Crippen LogP contribution in [0.1, 0.15) is 17.4 Å². The van der Waals surface area contributed by atoms with Crippen LogP contribution in [0, 0.1) is 6.92 Å². The van der Waals surface area contributed by atoms with Gasteiger partial charge in [-0.3, -0.25) is 0 Å². The maximum Gasteiger partial charge on any atom is 0.252 e. The molecule has 102 valence electrons. The number of nitrogens with zero attached hydrogens (tertiary/aromatic N) is 1. The topological polar surface area (TPSA) is 49.4 Å². The van der Waals surface area contributed by atoms with Gasteiger partial charge in [0, 0.05) is 24.5 Å². The Morgan fingerprint density at radius 1 is 1.56 bits per heavy atom. The lowest BCUT2D eigenvalue weighted by Crippen LogP contribution is -2.30. The first-order chi connectivity index (χ1) is 8.47. The van der Waals surface area contributed by atoms with E-state index in [2.05, 4.69) is 11.9 Å². The van der Waals surface area contributed by atoms with Gasteiger partial charge in [0.2, 0.25) is 0 Å². The van der Waals surface area contributed by atoms with E-state index in [0.717, 1.165) is 10.4 Å². The summed E-state index contributed by atoms with van der Waals surface area (Å²) in [7, 11) is -1.53. The Morgan fingerprint density at radius 3 is 2.72 bits per heavy atom. The SMILES string of the molecule is C=CCN(CC)S(=O)(=O)c1cc(C)c(CNC)s1. The van der Waals surface area contributed by atoms with E-state index in [0.29, 0.717) is 23.8 Å². The van der Waals surface area contributed by atoms with Crippen molar-refractivity contribution in [3.05, 3.63) is 29.2 Å². The zero-order chi connectivity index (χ0) is 13.8. The van der Waals surface area contributed by atoms with Gasteiger partial charge >= 0.3 is 0 Å². The lowest BCUT2D eigenvalue weighted by Gasteiger charge is -2.17. The zero-order valence-electron chi connectivity index (χ0n) is 11.1. The molecule has 1 rings (SSSR count). The molecule has 0 aliphatic rings. The highest BCUT2D eigenvalue weighted by atomic mass is 32.2. The highest BCUT2D eigenvalue weighted by Crippen LogP contribution is 2.28. The molecule has 0 atom stereocenters. The fourth-order valence-corrected chi connectivity index (χ4v) is 4.80. The minimum Gasteiger partial charge on any atom is -0.315 e. The lowest BCUT2D eigenvalue weighted by molar-refractivity contribution is 0.461. The van der Waals surface area contributed by atoms with E-state index in [-0.39, 0.29) is 0 Å². The van der Waals surface area contributed by atoms with Crippen molar-refractivity contribution in [2.45, 2.75) is 24.6 Å². The summed E-state index contributed by atoms with van der Waals surface area (Å²) >= 11 is 1.33. The molecule has 1 heterocycles. The highest BCUT2D eigenvalue weighted by Gasteiger charge is 2.24. The molecular weight excluding hydrogens is 268 g/mol. The Kier molecular flexibility index (Phi) is 5.52. The molecule has 4 nitrogen and oxygen atoms in total. The van der Waals surface area contributed by atoms with Crippen LogP contribution in [0.4, 0.5) is 0 Å². The van der Waals surface area contributed by atoms with Gasteiger partial charge in [0.15, 0.2) is 0 Å². The van der Waals surface area contributed by atoms with Gasteiger partial charge in [-0.15, -0.1) is 17.9 Å². The standard InChI is InChI=1S/C12H20N2O2S2/c1-5-7-14(6-2)18(15,16)12-8-10(3)11(17-12)9-13-4/h5,8,13H,1,6-7,9H2,2-4H3. The fourth-order valence-electron chi connectivity index (χ4n) is 1.62. The monoisotopic (exact) mass is 288 g/mol. The number of hydrogen-bond acceptors (Lipinski definition) is 4. The van der Waals surface area contributed by atoms with E-state index >= 15 is 0 Å². The van der Waals surface area contributed by atoms with Crippen molar-refractivity contribution < 1.29 is 8.42 Å². The second kappa shape index (κ2) is 6.47. The van der Waals surface area contributed by atoms with E-state index < -0.39 is 10.0 Å². The maximum atomic E-state index is 12.4. The van der Waals surface area contributed by atoms with E-state index in [1.165, 1.54) is 15.6 Å². The molecule has 6 heteroatoms. The Bertz CT molecular complexity index is 506. The maximum absolute atomic E-state index is 12.4. The van der Waals surface area contributed by atoms with Gasteiger partial charge in [-0.2, -0.15) is 4.31 Å². The van der Waals surface area contributed by atoms with Crippen molar-refractivity contribution in [3.63, 3.8) is 0 Å². The Morgan fingerprint density at radius 2 is 2.22 bits per heavy atom. The van der Waals surface area contributed by atoms with Crippen LogP contribution in [0.15, 0.2) is 22.9 Å². The summed E-state index contributed by atoms with van der Waals surface area (Å²) in [6, 6.07) is 1.75. The third kappa shape index (κ3) is 3.20. The van der Waals surface area contributed by atoms with Gasteiger partial charge in [-0.25, -0.2) is 8.42 Å². The average molecular weight is 288 g/mol. The molecule has 0 aliphatic heterocycles. The lowest BCUT2D eigenvalue weighted by atomic mass is 10.3. The first kappa shape index (κ1) is 15.4. The van der Waals surface area contributed by atoms with Gasteiger partial charge in [-0.1, -0.05) is 13.0 Å². The molecule has 1 aromatic rings. The van der Waals surface area contributed by atoms with E-state index in [9.17, 15) is 8.42 Å². The van der Waals surface area contributed by atoms with Crippen LogP contribution in [0.5, 0.6) is 0 Å². The minimum atomic E-state index is -3.38. The summed E-state index contributed by atoms with van der Waals surface area (Å²) in [5, 5.41) is 3.04. The fraction of sp³-hybridized carbons (Fsp3) is 0.500. The summed E-state index contributed by atoms with van der Waals surface area (Å²) in [6.07, 6.45) is 1.61. The van der Waals surface area contributed by atoms with Gasteiger partial charge in [0.05, 0.1) is 0 Å². The number of nitrogens with one attached hydrogen (secondary N) is 1. The molecule has 1 aromatic heterocycles. The van der Waals surface area contributed by atoms with Gasteiger partial charge in [-0.05, 0) is 25.6 Å². The molecule has 0 saturated heterocycles. The van der Waals surface area contributed by atoms with Crippen LogP contribution >= 0.6 is 11.3 Å². The molecule has 18 heavy (non-hydrogen) atoms. The van der Waals surface area contributed by atoms with Crippen LogP contribution in [0.2, 0.25) is 0 Å². The van der Waals surface area contributed by atoms with Crippen LogP contribution in [0.25, 0.3) is 0 Å². The van der Waals surface area contributed by atoms with Gasteiger partial charge < -0.3 is 5.32 Å². The summed E-state index contributed by atoms with van der Waals surface area (Å²) in [4.78, 5) is 1.06. The number of likely N-dealkylation sites (N-methyl/N-ethyl adjacent to an activating group) is 1. The molecular formula is C12H20N2O2S2. The Balaban J connectivity index is 3.11. The number of aryl methyl sites for hydroxylation is 1. The molecule has 0 amide bonds. The smallest absolute Gasteiger partial charge is 0.252 e. The van der Waals surface area contributed by atoms with E-state index in [1.54, 1.807) is 12.1 Å². The molecule has 1 N–H and O–H groups in total. The second-order valence-electron chi connectivity index (χ2n) is 3.95.